The standard InChI is InChI=1S/C8H15NO5S/c1-6-5-14-15(12,13)9(6,7(10)11)8(2,3)4/h6H,5H2,1-4H3/p+1/t6-,9?/m1/s1. The van der Waals surface area contributed by atoms with Crippen molar-refractivity contribution in [2.24, 2.45) is 0 Å². The lowest BCUT2D eigenvalue weighted by Gasteiger charge is -2.38. The Kier molecular flexibility index (Phi) is 2.62. The van der Waals surface area contributed by atoms with Crippen LogP contribution in [-0.2, 0) is 14.5 Å². The van der Waals surface area contributed by atoms with Crippen molar-refractivity contribution in [2.75, 3.05) is 6.61 Å². The highest BCUT2D eigenvalue weighted by Crippen LogP contribution is 2.39. The molecular weight excluding hydrogens is 222 g/mol. The van der Waals surface area contributed by atoms with E-state index in [2.05, 4.69) is 4.18 Å². The summed E-state index contributed by atoms with van der Waals surface area (Å²) in [6, 6.07) is -0.618. The highest BCUT2D eigenvalue weighted by atomic mass is 32.2. The van der Waals surface area contributed by atoms with Crippen LogP contribution in [0, 0.1) is 0 Å². The van der Waals surface area contributed by atoms with E-state index < -0.39 is 31.9 Å². The Hall–Kier alpha value is -0.660. The molecule has 2 atom stereocenters. The molecule has 6 nitrogen and oxygen atoms in total. The van der Waals surface area contributed by atoms with Crippen LogP contribution in [0.1, 0.15) is 27.7 Å². The first kappa shape index (κ1) is 12.4. The van der Waals surface area contributed by atoms with Gasteiger partial charge in [-0.2, -0.15) is 4.79 Å². The number of rotatable bonds is 0. The minimum Gasteiger partial charge on any atom is -0.434 e. The molecule has 0 aromatic rings. The average Bonchev–Trinajstić information content (AvgIpc) is 2.20. The maximum Gasteiger partial charge on any atom is 0.531 e. The van der Waals surface area contributed by atoms with Gasteiger partial charge in [0.05, 0.1) is 0 Å². The molecule has 0 aromatic heterocycles. The zero-order chi connectivity index (χ0) is 12.1. The van der Waals surface area contributed by atoms with Gasteiger partial charge in [-0.3, -0.25) is 0 Å². The summed E-state index contributed by atoms with van der Waals surface area (Å²) in [6.07, 6.45) is -1.40. The molecule has 1 N–H and O–H groups in total. The van der Waals surface area contributed by atoms with Gasteiger partial charge in [0, 0.05) is 0 Å². The van der Waals surface area contributed by atoms with Crippen LogP contribution < -0.4 is 0 Å². The Balaban J connectivity index is 3.53. The first-order valence-corrected chi connectivity index (χ1v) is 5.96. The number of amides is 1. The zero-order valence-corrected chi connectivity index (χ0v) is 10.0. The van der Waals surface area contributed by atoms with Gasteiger partial charge in [-0.25, -0.2) is 4.18 Å². The van der Waals surface area contributed by atoms with Crippen molar-refractivity contribution in [1.82, 2.24) is 0 Å². The summed E-state index contributed by atoms with van der Waals surface area (Å²) in [6.45, 7) is 6.19. The molecule has 1 saturated heterocycles. The molecule has 0 spiro atoms. The molecule has 1 aliphatic rings. The lowest BCUT2D eigenvalue weighted by molar-refractivity contribution is -0.801. The molecule has 15 heavy (non-hydrogen) atoms. The summed E-state index contributed by atoms with van der Waals surface area (Å²) in [5.74, 6) is 0. The van der Waals surface area contributed by atoms with Crippen molar-refractivity contribution in [3.05, 3.63) is 0 Å². The Morgan fingerprint density at radius 3 is 2.07 bits per heavy atom. The number of hydrogen-bond donors (Lipinski definition) is 1. The minimum atomic E-state index is -4.12. The highest BCUT2D eigenvalue weighted by molar-refractivity contribution is 7.81. The van der Waals surface area contributed by atoms with E-state index in [4.69, 9.17) is 0 Å². The van der Waals surface area contributed by atoms with Crippen LogP contribution >= 0.6 is 0 Å². The predicted molar refractivity (Wildman–Crippen MR) is 52.4 cm³/mol. The van der Waals surface area contributed by atoms with Gasteiger partial charge in [0.25, 0.3) is 0 Å². The summed E-state index contributed by atoms with van der Waals surface area (Å²) in [7, 11) is -4.12. The second kappa shape index (κ2) is 3.16. The molecule has 1 amide bonds. The fourth-order valence-electron chi connectivity index (χ4n) is 2.16. The molecule has 0 saturated carbocycles. The SMILES string of the molecule is C[C@@H]1COS(=O)(=O)[N+]1(C(=O)O)C(C)(C)C. The molecular formula is C8H16NO5S+. The molecule has 0 radical (unpaired) electrons. The third-order valence-electron chi connectivity index (χ3n) is 2.71. The van der Waals surface area contributed by atoms with E-state index in [1.54, 1.807) is 27.7 Å². The molecule has 1 unspecified atom stereocenters. The number of carbonyl (C=O) groups is 1. The van der Waals surface area contributed by atoms with Gasteiger partial charge in [0.15, 0.2) is 0 Å². The van der Waals surface area contributed by atoms with Crippen LogP contribution in [0.15, 0.2) is 0 Å². The maximum absolute atomic E-state index is 11.8. The van der Waals surface area contributed by atoms with Crippen LogP contribution in [0.5, 0.6) is 0 Å². The smallest absolute Gasteiger partial charge is 0.434 e. The molecule has 1 fully saturated rings. The van der Waals surface area contributed by atoms with Crippen LogP contribution in [0.3, 0.4) is 0 Å². The highest BCUT2D eigenvalue weighted by Gasteiger charge is 2.67. The summed E-state index contributed by atoms with van der Waals surface area (Å²) >= 11 is 0. The van der Waals surface area contributed by atoms with Crippen LogP contribution in [0.4, 0.5) is 4.79 Å². The maximum atomic E-state index is 11.8. The largest absolute Gasteiger partial charge is 0.531 e. The van der Waals surface area contributed by atoms with E-state index >= 15 is 0 Å². The van der Waals surface area contributed by atoms with Gasteiger partial charge in [-0.1, -0.05) is 3.89 Å². The molecule has 1 heterocycles. The Morgan fingerprint density at radius 2 is 1.93 bits per heavy atom. The average molecular weight is 238 g/mol. The summed E-state index contributed by atoms with van der Waals surface area (Å²) in [5, 5.41) is 9.22. The molecule has 0 bridgehead atoms. The van der Waals surface area contributed by atoms with Crippen molar-refractivity contribution in [3.8, 4) is 0 Å². The first-order valence-electron chi connectivity index (χ1n) is 4.59. The van der Waals surface area contributed by atoms with Crippen LogP contribution in [0.25, 0.3) is 0 Å². The summed E-state index contributed by atoms with van der Waals surface area (Å²) < 4.78 is 27.1. The molecule has 88 valence electrons. The van der Waals surface area contributed by atoms with E-state index in [9.17, 15) is 18.3 Å². The Morgan fingerprint density at radius 1 is 1.47 bits per heavy atom. The third-order valence-corrected chi connectivity index (χ3v) is 4.92. The van der Waals surface area contributed by atoms with Crippen molar-refractivity contribution < 1.29 is 26.4 Å². The number of nitrogens with zero attached hydrogens (tertiary/aromatic N) is 1. The fourth-order valence-corrected chi connectivity index (χ4v) is 4.06. The monoisotopic (exact) mass is 238 g/mol. The van der Waals surface area contributed by atoms with E-state index in [0.29, 0.717) is 0 Å². The Labute approximate surface area is 89.3 Å². The van der Waals surface area contributed by atoms with Gasteiger partial charge in [-0.15, -0.1) is 8.42 Å². The number of quaternary nitrogens is 1. The van der Waals surface area contributed by atoms with E-state index in [-0.39, 0.29) is 6.61 Å². The number of hydrogen-bond acceptors (Lipinski definition) is 4. The first-order chi connectivity index (χ1) is 6.57. The van der Waals surface area contributed by atoms with Crippen molar-refractivity contribution in [3.63, 3.8) is 0 Å². The van der Waals surface area contributed by atoms with Crippen LogP contribution in [0.2, 0.25) is 0 Å². The van der Waals surface area contributed by atoms with Crippen molar-refractivity contribution in [2.45, 2.75) is 39.3 Å². The molecule has 7 heteroatoms. The summed E-state index contributed by atoms with van der Waals surface area (Å²) in [5.41, 5.74) is -0.972. The molecule has 1 aliphatic heterocycles. The molecule has 0 aliphatic carbocycles. The fraction of sp³-hybridized carbons (Fsp3) is 0.875. The van der Waals surface area contributed by atoms with Gasteiger partial charge in [0.1, 0.15) is 18.2 Å². The lowest BCUT2D eigenvalue weighted by atomic mass is 10.0. The molecule has 0 aromatic carbocycles. The van der Waals surface area contributed by atoms with E-state index in [1.807, 2.05) is 0 Å². The van der Waals surface area contributed by atoms with Crippen molar-refractivity contribution in [1.29, 1.82) is 0 Å². The number of carboxylic acid groups (broad SMARTS) is 1. The zero-order valence-electron chi connectivity index (χ0n) is 9.22. The van der Waals surface area contributed by atoms with Gasteiger partial charge < -0.3 is 5.11 Å². The van der Waals surface area contributed by atoms with Gasteiger partial charge in [0.2, 0.25) is 0 Å². The second-order valence-electron chi connectivity index (χ2n) is 4.67. The van der Waals surface area contributed by atoms with Gasteiger partial charge in [-0.05, 0) is 27.7 Å². The topological polar surface area (TPSA) is 80.7 Å². The lowest BCUT2D eigenvalue weighted by Crippen LogP contribution is -2.67. The van der Waals surface area contributed by atoms with E-state index in [1.165, 1.54) is 0 Å². The quantitative estimate of drug-likeness (QED) is 0.635. The minimum absolute atomic E-state index is 0.0914. The molecule has 1 rings (SSSR count). The third kappa shape index (κ3) is 1.37. The van der Waals surface area contributed by atoms with Crippen LogP contribution in [-0.4, -0.2) is 41.7 Å². The Bertz CT molecular complexity index is 382. The second-order valence-corrected chi connectivity index (χ2v) is 6.34. The normalized spacial score (nSPS) is 35.3. The van der Waals surface area contributed by atoms with Crippen molar-refractivity contribution >= 4 is 16.4 Å². The predicted octanol–water partition coefficient (Wildman–Crippen LogP) is 0.943. The summed E-state index contributed by atoms with van der Waals surface area (Å²) in [4.78, 5) is 11.3. The van der Waals surface area contributed by atoms with E-state index in [0.717, 1.165) is 0 Å². The van der Waals surface area contributed by atoms with Gasteiger partial charge >= 0.3 is 16.4 Å².